The Morgan fingerprint density at radius 1 is 1.13 bits per heavy atom. The van der Waals surface area contributed by atoms with Crippen molar-refractivity contribution in [2.45, 2.75) is 19.8 Å². The summed E-state index contributed by atoms with van der Waals surface area (Å²) < 4.78 is 0. The van der Waals surface area contributed by atoms with Crippen molar-refractivity contribution >= 4 is 23.4 Å². The van der Waals surface area contributed by atoms with E-state index in [1.807, 2.05) is 25.1 Å². The monoisotopic (exact) mass is 312 g/mol. The molecular formula is C16H20N6O. The van der Waals surface area contributed by atoms with Crippen LogP contribution in [0.25, 0.3) is 0 Å². The number of rotatable bonds is 7. The van der Waals surface area contributed by atoms with Gasteiger partial charge < -0.3 is 16.0 Å². The molecule has 0 aromatic carbocycles. The van der Waals surface area contributed by atoms with Gasteiger partial charge >= 0.3 is 0 Å². The van der Waals surface area contributed by atoms with Gasteiger partial charge in [-0.25, -0.2) is 15.0 Å². The Labute approximate surface area is 135 Å². The molecule has 0 saturated heterocycles. The van der Waals surface area contributed by atoms with Crippen LogP contribution in [-0.2, 0) is 4.79 Å². The molecule has 3 rings (SSSR count). The molecule has 120 valence electrons. The van der Waals surface area contributed by atoms with Gasteiger partial charge in [0.2, 0.25) is 5.91 Å². The van der Waals surface area contributed by atoms with Crippen LogP contribution in [-0.4, -0.2) is 33.9 Å². The lowest BCUT2D eigenvalue weighted by Crippen LogP contribution is -2.29. The smallest absolute Gasteiger partial charge is 0.223 e. The number of hydrogen-bond donors (Lipinski definition) is 3. The number of carbonyl (C=O) groups excluding carboxylic acids is 1. The molecule has 0 atom stereocenters. The molecule has 2 aromatic heterocycles. The van der Waals surface area contributed by atoms with E-state index in [1.165, 1.54) is 6.33 Å². The van der Waals surface area contributed by atoms with Gasteiger partial charge in [0.1, 0.15) is 23.8 Å². The molecule has 0 aliphatic heterocycles. The summed E-state index contributed by atoms with van der Waals surface area (Å²) in [7, 11) is 0. The summed E-state index contributed by atoms with van der Waals surface area (Å²) in [5.74, 6) is 2.51. The fraction of sp³-hybridized carbons (Fsp3) is 0.375. The molecule has 0 bridgehead atoms. The number of nitrogens with one attached hydrogen (secondary N) is 3. The predicted molar refractivity (Wildman–Crippen MR) is 88.5 cm³/mol. The molecule has 1 saturated carbocycles. The predicted octanol–water partition coefficient (Wildman–Crippen LogP) is 1.86. The molecule has 1 aliphatic rings. The fourth-order valence-electron chi connectivity index (χ4n) is 2.12. The van der Waals surface area contributed by atoms with Gasteiger partial charge in [0, 0.05) is 31.3 Å². The van der Waals surface area contributed by atoms with Crippen molar-refractivity contribution in [3.05, 3.63) is 36.3 Å². The highest BCUT2D eigenvalue weighted by Crippen LogP contribution is 2.28. The highest BCUT2D eigenvalue weighted by atomic mass is 16.2. The second kappa shape index (κ2) is 7.04. The van der Waals surface area contributed by atoms with E-state index in [2.05, 4.69) is 30.9 Å². The van der Waals surface area contributed by atoms with Crippen LogP contribution in [0.5, 0.6) is 0 Å². The Balaban J connectivity index is 1.49. The summed E-state index contributed by atoms with van der Waals surface area (Å²) in [6.45, 7) is 3.22. The zero-order chi connectivity index (χ0) is 16.1. The lowest BCUT2D eigenvalue weighted by molar-refractivity contribution is -0.122. The topological polar surface area (TPSA) is 91.8 Å². The first-order valence-corrected chi connectivity index (χ1v) is 7.74. The van der Waals surface area contributed by atoms with Crippen LogP contribution in [0.2, 0.25) is 0 Å². The highest BCUT2D eigenvalue weighted by molar-refractivity contribution is 5.80. The maximum atomic E-state index is 11.5. The van der Waals surface area contributed by atoms with E-state index in [0.29, 0.717) is 24.7 Å². The normalized spacial score (nSPS) is 13.4. The maximum absolute atomic E-state index is 11.5. The van der Waals surface area contributed by atoms with Crippen molar-refractivity contribution in [3.8, 4) is 0 Å². The summed E-state index contributed by atoms with van der Waals surface area (Å²) in [6, 6.07) is 5.70. The van der Waals surface area contributed by atoms with E-state index < -0.39 is 0 Å². The van der Waals surface area contributed by atoms with E-state index in [-0.39, 0.29) is 11.8 Å². The van der Waals surface area contributed by atoms with Crippen molar-refractivity contribution in [2.24, 2.45) is 5.92 Å². The summed E-state index contributed by atoms with van der Waals surface area (Å²) in [5, 5.41) is 9.22. The van der Waals surface area contributed by atoms with Gasteiger partial charge in [0.25, 0.3) is 0 Å². The number of aryl methyl sites for hydroxylation is 1. The zero-order valence-electron chi connectivity index (χ0n) is 13.0. The van der Waals surface area contributed by atoms with Crippen molar-refractivity contribution < 1.29 is 4.79 Å². The first-order chi connectivity index (χ1) is 11.2. The number of amides is 1. The van der Waals surface area contributed by atoms with Crippen LogP contribution in [0.4, 0.5) is 17.5 Å². The molecule has 1 fully saturated rings. The van der Waals surface area contributed by atoms with Crippen LogP contribution < -0.4 is 16.0 Å². The molecule has 2 aromatic rings. The van der Waals surface area contributed by atoms with Crippen molar-refractivity contribution in [2.75, 3.05) is 23.7 Å². The Kier molecular flexibility index (Phi) is 4.65. The third-order valence-corrected chi connectivity index (χ3v) is 3.52. The molecule has 3 N–H and O–H groups in total. The maximum Gasteiger partial charge on any atom is 0.223 e. The molecule has 23 heavy (non-hydrogen) atoms. The Bertz CT molecular complexity index is 686. The minimum atomic E-state index is 0.155. The third-order valence-electron chi connectivity index (χ3n) is 3.52. The lowest BCUT2D eigenvalue weighted by atomic mass is 10.3. The Morgan fingerprint density at radius 3 is 2.70 bits per heavy atom. The van der Waals surface area contributed by atoms with E-state index in [9.17, 15) is 4.79 Å². The largest absolute Gasteiger partial charge is 0.368 e. The van der Waals surface area contributed by atoms with Gasteiger partial charge in [-0.15, -0.1) is 0 Å². The summed E-state index contributed by atoms with van der Waals surface area (Å²) >= 11 is 0. The second-order valence-electron chi connectivity index (χ2n) is 5.62. The fourth-order valence-corrected chi connectivity index (χ4v) is 2.12. The van der Waals surface area contributed by atoms with Gasteiger partial charge in [-0.3, -0.25) is 4.79 Å². The standard InChI is InChI=1S/C16H20N6O/c1-11-4-5-17-14(8-11)22-15-9-13(20-10-21-15)18-6-7-19-16(23)12-2-3-12/h4-5,8-10,12H,2-3,6-7H2,1H3,(H,19,23)(H2,17,18,20,21,22). The zero-order valence-corrected chi connectivity index (χ0v) is 13.0. The van der Waals surface area contributed by atoms with Gasteiger partial charge in [0.05, 0.1) is 0 Å². The first-order valence-electron chi connectivity index (χ1n) is 7.74. The van der Waals surface area contributed by atoms with Crippen LogP contribution in [0.3, 0.4) is 0 Å². The molecule has 0 unspecified atom stereocenters. The average Bonchev–Trinajstić information content (AvgIpc) is 3.37. The molecule has 2 heterocycles. The molecule has 1 aliphatic carbocycles. The first kappa shape index (κ1) is 15.2. The molecule has 0 spiro atoms. The van der Waals surface area contributed by atoms with Crippen molar-refractivity contribution in [3.63, 3.8) is 0 Å². The SMILES string of the molecule is Cc1ccnc(Nc2cc(NCCNC(=O)C3CC3)ncn2)c1. The number of carbonyl (C=O) groups is 1. The molecular weight excluding hydrogens is 292 g/mol. The number of nitrogens with zero attached hydrogens (tertiary/aromatic N) is 3. The van der Waals surface area contributed by atoms with Crippen LogP contribution in [0.15, 0.2) is 30.7 Å². The molecule has 7 nitrogen and oxygen atoms in total. The number of anilines is 3. The third kappa shape index (κ3) is 4.64. The Hall–Kier alpha value is -2.70. The lowest BCUT2D eigenvalue weighted by Gasteiger charge is -2.09. The summed E-state index contributed by atoms with van der Waals surface area (Å²) in [6.07, 6.45) is 5.28. The molecule has 0 radical (unpaired) electrons. The van der Waals surface area contributed by atoms with Crippen LogP contribution in [0, 0.1) is 12.8 Å². The van der Waals surface area contributed by atoms with Crippen molar-refractivity contribution in [1.29, 1.82) is 0 Å². The van der Waals surface area contributed by atoms with E-state index in [1.54, 1.807) is 6.20 Å². The van der Waals surface area contributed by atoms with Gasteiger partial charge in [-0.05, 0) is 37.5 Å². The molecule has 7 heteroatoms. The second-order valence-corrected chi connectivity index (χ2v) is 5.62. The Morgan fingerprint density at radius 2 is 1.91 bits per heavy atom. The van der Waals surface area contributed by atoms with Crippen LogP contribution in [0.1, 0.15) is 18.4 Å². The van der Waals surface area contributed by atoms with Gasteiger partial charge in [-0.2, -0.15) is 0 Å². The van der Waals surface area contributed by atoms with Gasteiger partial charge in [0.15, 0.2) is 0 Å². The van der Waals surface area contributed by atoms with E-state index in [0.717, 1.165) is 24.2 Å². The van der Waals surface area contributed by atoms with Gasteiger partial charge in [-0.1, -0.05) is 0 Å². The number of pyridine rings is 1. The minimum absolute atomic E-state index is 0.155. The van der Waals surface area contributed by atoms with Crippen LogP contribution >= 0.6 is 0 Å². The highest BCUT2D eigenvalue weighted by Gasteiger charge is 2.28. The van der Waals surface area contributed by atoms with E-state index in [4.69, 9.17) is 0 Å². The summed E-state index contributed by atoms with van der Waals surface area (Å²) in [4.78, 5) is 24.1. The summed E-state index contributed by atoms with van der Waals surface area (Å²) in [5.41, 5.74) is 1.13. The van der Waals surface area contributed by atoms with Crippen molar-refractivity contribution in [1.82, 2.24) is 20.3 Å². The molecule has 1 amide bonds. The quantitative estimate of drug-likeness (QED) is 0.676. The number of hydrogen-bond acceptors (Lipinski definition) is 6. The minimum Gasteiger partial charge on any atom is -0.368 e. The number of aromatic nitrogens is 3. The van der Waals surface area contributed by atoms with E-state index >= 15 is 0 Å². The average molecular weight is 312 g/mol.